The standard InChI is InChI=1S/C12H15BrN4O2/c1-16-7-9(13)5-11(12(16)18)15-10-6-14-17(8-10)3-4-19-2/h5-8,15H,3-4H2,1-2H3. The highest BCUT2D eigenvalue weighted by atomic mass is 79.9. The van der Waals surface area contributed by atoms with Crippen LogP contribution in [0.1, 0.15) is 0 Å². The predicted octanol–water partition coefficient (Wildman–Crippen LogP) is 1.73. The van der Waals surface area contributed by atoms with E-state index in [-0.39, 0.29) is 5.56 Å². The summed E-state index contributed by atoms with van der Waals surface area (Å²) in [6.07, 6.45) is 5.23. The Hall–Kier alpha value is -1.60. The summed E-state index contributed by atoms with van der Waals surface area (Å²) in [6.45, 7) is 1.27. The number of hydrogen-bond acceptors (Lipinski definition) is 4. The van der Waals surface area contributed by atoms with Gasteiger partial charge in [0.1, 0.15) is 5.69 Å². The van der Waals surface area contributed by atoms with Gasteiger partial charge in [0, 0.05) is 31.0 Å². The number of anilines is 2. The molecule has 102 valence electrons. The molecule has 0 saturated carbocycles. The zero-order valence-corrected chi connectivity index (χ0v) is 12.3. The van der Waals surface area contributed by atoms with Crippen molar-refractivity contribution in [3.63, 3.8) is 0 Å². The Morgan fingerprint density at radius 1 is 1.47 bits per heavy atom. The van der Waals surface area contributed by atoms with Crippen LogP contribution in [0.2, 0.25) is 0 Å². The van der Waals surface area contributed by atoms with Crippen LogP contribution in [0.4, 0.5) is 11.4 Å². The Labute approximate surface area is 119 Å². The molecule has 2 aromatic rings. The quantitative estimate of drug-likeness (QED) is 0.909. The molecule has 19 heavy (non-hydrogen) atoms. The molecule has 0 aliphatic carbocycles. The van der Waals surface area contributed by atoms with Gasteiger partial charge in [-0.15, -0.1) is 0 Å². The Morgan fingerprint density at radius 3 is 3.00 bits per heavy atom. The molecule has 0 aromatic carbocycles. The van der Waals surface area contributed by atoms with Crippen LogP contribution in [0.15, 0.2) is 33.9 Å². The van der Waals surface area contributed by atoms with Crippen LogP contribution in [-0.4, -0.2) is 28.1 Å². The van der Waals surface area contributed by atoms with Crippen LogP contribution >= 0.6 is 15.9 Å². The van der Waals surface area contributed by atoms with Crippen molar-refractivity contribution in [1.29, 1.82) is 0 Å². The van der Waals surface area contributed by atoms with E-state index >= 15 is 0 Å². The lowest BCUT2D eigenvalue weighted by molar-refractivity contribution is 0.183. The molecule has 0 fully saturated rings. The molecule has 0 saturated heterocycles. The molecular weight excluding hydrogens is 312 g/mol. The largest absolute Gasteiger partial charge is 0.383 e. The summed E-state index contributed by atoms with van der Waals surface area (Å²) in [5, 5.41) is 7.24. The second-order valence-corrected chi connectivity index (χ2v) is 5.01. The number of ether oxygens (including phenoxy) is 1. The summed E-state index contributed by atoms with van der Waals surface area (Å²) in [5.74, 6) is 0. The van der Waals surface area contributed by atoms with E-state index in [9.17, 15) is 4.79 Å². The van der Waals surface area contributed by atoms with E-state index in [0.717, 1.165) is 10.2 Å². The number of nitrogens with one attached hydrogen (secondary N) is 1. The molecule has 0 amide bonds. The third kappa shape index (κ3) is 3.45. The first-order chi connectivity index (χ1) is 9.10. The topological polar surface area (TPSA) is 61.1 Å². The van der Waals surface area contributed by atoms with Crippen molar-refractivity contribution >= 4 is 27.3 Å². The lowest BCUT2D eigenvalue weighted by atomic mass is 10.4. The van der Waals surface area contributed by atoms with E-state index in [1.54, 1.807) is 37.3 Å². The van der Waals surface area contributed by atoms with E-state index < -0.39 is 0 Å². The first kappa shape index (κ1) is 13.8. The fourth-order valence-corrected chi connectivity index (χ4v) is 2.19. The highest BCUT2D eigenvalue weighted by Gasteiger charge is 2.05. The Balaban J connectivity index is 2.17. The number of halogens is 1. The molecule has 2 aromatic heterocycles. The van der Waals surface area contributed by atoms with Crippen molar-refractivity contribution in [2.75, 3.05) is 19.0 Å². The molecule has 2 rings (SSSR count). The summed E-state index contributed by atoms with van der Waals surface area (Å²) >= 11 is 3.36. The maximum absolute atomic E-state index is 11.9. The van der Waals surface area contributed by atoms with Crippen LogP contribution < -0.4 is 10.9 Å². The van der Waals surface area contributed by atoms with Crippen molar-refractivity contribution in [2.24, 2.45) is 7.05 Å². The van der Waals surface area contributed by atoms with Crippen molar-refractivity contribution < 1.29 is 4.74 Å². The third-order valence-corrected chi connectivity index (χ3v) is 3.02. The SMILES string of the molecule is COCCn1cc(Nc2cc(Br)cn(C)c2=O)cn1. The van der Waals surface area contributed by atoms with Crippen molar-refractivity contribution in [1.82, 2.24) is 14.3 Å². The Morgan fingerprint density at radius 2 is 2.26 bits per heavy atom. The highest BCUT2D eigenvalue weighted by molar-refractivity contribution is 9.10. The minimum Gasteiger partial charge on any atom is -0.383 e. The van der Waals surface area contributed by atoms with Crippen molar-refractivity contribution in [2.45, 2.75) is 6.54 Å². The minimum atomic E-state index is -0.0900. The third-order valence-electron chi connectivity index (χ3n) is 2.59. The predicted molar refractivity (Wildman–Crippen MR) is 76.8 cm³/mol. The number of hydrogen-bond donors (Lipinski definition) is 1. The smallest absolute Gasteiger partial charge is 0.274 e. The van der Waals surface area contributed by atoms with Crippen molar-refractivity contribution in [3.8, 4) is 0 Å². The normalized spacial score (nSPS) is 10.7. The summed E-state index contributed by atoms with van der Waals surface area (Å²) in [5.41, 5.74) is 1.18. The van der Waals surface area contributed by atoms with Crippen molar-refractivity contribution in [3.05, 3.63) is 39.5 Å². The van der Waals surface area contributed by atoms with Crippen LogP contribution in [-0.2, 0) is 18.3 Å². The number of methoxy groups -OCH3 is 1. The molecule has 6 nitrogen and oxygen atoms in total. The van der Waals surface area contributed by atoms with Gasteiger partial charge in [0.2, 0.25) is 0 Å². The average molecular weight is 327 g/mol. The number of nitrogens with zero attached hydrogens (tertiary/aromatic N) is 3. The summed E-state index contributed by atoms with van der Waals surface area (Å²) < 4.78 is 9.09. The average Bonchev–Trinajstić information content (AvgIpc) is 2.80. The second kappa shape index (κ2) is 6.03. The first-order valence-corrected chi connectivity index (χ1v) is 6.54. The van der Waals surface area contributed by atoms with Gasteiger partial charge in [-0.2, -0.15) is 5.10 Å². The van der Waals surface area contributed by atoms with Gasteiger partial charge in [-0.1, -0.05) is 0 Å². The number of aromatic nitrogens is 3. The highest BCUT2D eigenvalue weighted by Crippen LogP contribution is 2.16. The molecule has 0 aliphatic rings. The molecule has 0 aliphatic heterocycles. The van der Waals surface area contributed by atoms with Gasteiger partial charge < -0.3 is 14.6 Å². The second-order valence-electron chi connectivity index (χ2n) is 4.10. The summed E-state index contributed by atoms with van der Waals surface area (Å²) in [7, 11) is 3.36. The zero-order chi connectivity index (χ0) is 13.8. The number of aryl methyl sites for hydroxylation is 1. The van der Waals surface area contributed by atoms with E-state index in [1.807, 2.05) is 6.20 Å². The maximum Gasteiger partial charge on any atom is 0.274 e. The Bertz CT molecular complexity index is 620. The van der Waals surface area contributed by atoms with Gasteiger partial charge in [-0.3, -0.25) is 9.48 Å². The molecule has 0 atom stereocenters. The van der Waals surface area contributed by atoms with E-state index in [2.05, 4.69) is 26.3 Å². The minimum absolute atomic E-state index is 0.0900. The molecule has 2 heterocycles. The summed E-state index contributed by atoms with van der Waals surface area (Å²) in [6, 6.07) is 1.74. The van der Waals surface area contributed by atoms with Gasteiger partial charge in [0.15, 0.2) is 0 Å². The van der Waals surface area contributed by atoms with E-state index in [0.29, 0.717) is 18.8 Å². The molecule has 0 unspecified atom stereocenters. The van der Waals surface area contributed by atoms with Crippen LogP contribution in [0.25, 0.3) is 0 Å². The van der Waals surface area contributed by atoms with Crippen LogP contribution in [0.5, 0.6) is 0 Å². The number of pyridine rings is 1. The Kier molecular flexibility index (Phi) is 4.39. The molecule has 0 radical (unpaired) electrons. The lowest BCUT2D eigenvalue weighted by Crippen LogP contribution is -2.18. The molecule has 1 N–H and O–H groups in total. The first-order valence-electron chi connectivity index (χ1n) is 5.75. The van der Waals surface area contributed by atoms with Crippen LogP contribution in [0, 0.1) is 0 Å². The summed E-state index contributed by atoms with van der Waals surface area (Å²) in [4.78, 5) is 11.9. The van der Waals surface area contributed by atoms with E-state index in [4.69, 9.17) is 4.74 Å². The van der Waals surface area contributed by atoms with Gasteiger partial charge in [0.05, 0.1) is 25.0 Å². The fourth-order valence-electron chi connectivity index (χ4n) is 1.65. The molecule has 0 spiro atoms. The van der Waals surface area contributed by atoms with Crippen LogP contribution in [0.3, 0.4) is 0 Å². The van der Waals surface area contributed by atoms with Gasteiger partial charge >= 0.3 is 0 Å². The molecule has 7 heteroatoms. The van der Waals surface area contributed by atoms with Gasteiger partial charge in [0.25, 0.3) is 5.56 Å². The zero-order valence-electron chi connectivity index (χ0n) is 10.8. The molecule has 0 bridgehead atoms. The van der Waals surface area contributed by atoms with Gasteiger partial charge in [-0.05, 0) is 22.0 Å². The maximum atomic E-state index is 11.9. The molecular formula is C12H15BrN4O2. The van der Waals surface area contributed by atoms with Gasteiger partial charge in [-0.25, -0.2) is 0 Å². The van der Waals surface area contributed by atoms with E-state index in [1.165, 1.54) is 4.57 Å². The lowest BCUT2D eigenvalue weighted by Gasteiger charge is -2.06. The monoisotopic (exact) mass is 326 g/mol. The fraction of sp³-hybridized carbons (Fsp3) is 0.333. The number of rotatable bonds is 5.